The lowest BCUT2D eigenvalue weighted by Gasteiger charge is -2.19. The van der Waals surface area contributed by atoms with Crippen molar-refractivity contribution in [2.45, 2.75) is 20.0 Å². The lowest BCUT2D eigenvalue weighted by atomic mass is 10.1. The van der Waals surface area contributed by atoms with Crippen LogP contribution in [0, 0.1) is 11.7 Å². The van der Waals surface area contributed by atoms with Crippen LogP contribution in [0.2, 0.25) is 10.0 Å². The van der Waals surface area contributed by atoms with Gasteiger partial charge in [0.25, 0.3) is 0 Å². The van der Waals surface area contributed by atoms with Crippen molar-refractivity contribution in [2.75, 3.05) is 7.05 Å². The van der Waals surface area contributed by atoms with Crippen LogP contribution in [-0.4, -0.2) is 32.6 Å². The van der Waals surface area contributed by atoms with Crippen LogP contribution in [-0.2, 0) is 17.9 Å². The third-order valence-electron chi connectivity index (χ3n) is 4.21. The second-order valence-electron chi connectivity index (χ2n) is 6.29. The molecule has 0 saturated carbocycles. The maximum atomic E-state index is 12.7. The first-order valence-electron chi connectivity index (χ1n) is 8.25. The van der Waals surface area contributed by atoms with Crippen LogP contribution in [0.3, 0.4) is 0 Å². The Labute approximate surface area is 172 Å². The number of carbonyl (C=O) groups is 1. The number of carbonyl (C=O) groups excluding carboxylic acids is 1. The van der Waals surface area contributed by atoms with E-state index in [9.17, 15) is 4.79 Å². The van der Waals surface area contributed by atoms with Gasteiger partial charge in [-0.05, 0) is 36.8 Å². The van der Waals surface area contributed by atoms with E-state index in [-0.39, 0.29) is 12.5 Å². The van der Waals surface area contributed by atoms with Gasteiger partial charge in [-0.15, -0.1) is 0 Å². The van der Waals surface area contributed by atoms with Gasteiger partial charge in [-0.3, -0.25) is 14.5 Å². The molecule has 0 aliphatic heterocycles. The van der Waals surface area contributed by atoms with Crippen LogP contribution in [0.25, 0.3) is 11.4 Å². The second kappa shape index (κ2) is 8.25. The summed E-state index contributed by atoms with van der Waals surface area (Å²) in [5.74, 6) is 0.526. The summed E-state index contributed by atoms with van der Waals surface area (Å²) in [7, 11) is 1.72. The molecule has 0 aliphatic carbocycles. The third-order valence-corrected chi connectivity index (χ3v) is 5.11. The number of aromatic nitrogens is 3. The minimum absolute atomic E-state index is 0.0836. The smallest absolute Gasteiger partial charge is 0.242 e. The summed E-state index contributed by atoms with van der Waals surface area (Å²) < 4.78 is 2.10. The Morgan fingerprint density at radius 3 is 2.59 bits per heavy atom. The van der Waals surface area contributed by atoms with Crippen molar-refractivity contribution >= 4 is 41.3 Å². The van der Waals surface area contributed by atoms with Crippen LogP contribution >= 0.6 is 35.4 Å². The summed E-state index contributed by atoms with van der Waals surface area (Å²) >= 11 is 17.4. The highest BCUT2D eigenvalue weighted by Gasteiger charge is 2.16. The van der Waals surface area contributed by atoms with Gasteiger partial charge in [-0.1, -0.05) is 59.1 Å². The van der Waals surface area contributed by atoms with Gasteiger partial charge in [-0.2, -0.15) is 5.10 Å². The van der Waals surface area contributed by atoms with Gasteiger partial charge in [0.05, 0.1) is 0 Å². The Balaban J connectivity index is 1.78. The monoisotopic (exact) mass is 420 g/mol. The van der Waals surface area contributed by atoms with E-state index in [2.05, 4.69) is 10.2 Å². The molecule has 27 heavy (non-hydrogen) atoms. The lowest BCUT2D eigenvalue weighted by molar-refractivity contribution is -0.131. The molecule has 0 radical (unpaired) electrons. The first-order chi connectivity index (χ1) is 12.8. The number of benzene rings is 2. The molecule has 1 amide bonds. The van der Waals surface area contributed by atoms with E-state index in [0.29, 0.717) is 27.2 Å². The highest BCUT2D eigenvalue weighted by atomic mass is 35.5. The number of rotatable bonds is 5. The third kappa shape index (κ3) is 4.58. The van der Waals surface area contributed by atoms with Crippen molar-refractivity contribution in [1.29, 1.82) is 0 Å². The van der Waals surface area contributed by atoms with Gasteiger partial charge in [0.15, 0.2) is 10.6 Å². The summed E-state index contributed by atoms with van der Waals surface area (Å²) in [5, 5.41) is 8.13. The largest absolute Gasteiger partial charge is 0.340 e. The number of aryl methyl sites for hydroxylation is 1. The van der Waals surface area contributed by atoms with Crippen molar-refractivity contribution in [3.05, 3.63) is 68.4 Å². The Morgan fingerprint density at radius 1 is 1.22 bits per heavy atom. The van der Waals surface area contributed by atoms with E-state index in [1.54, 1.807) is 28.6 Å². The molecule has 2 aromatic carbocycles. The molecule has 0 saturated heterocycles. The van der Waals surface area contributed by atoms with Gasteiger partial charge in [0, 0.05) is 29.2 Å². The highest BCUT2D eigenvalue weighted by molar-refractivity contribution is 7.71. The molecule has 0 aliphatic rings. The average Bonchev–Trinajstić information content (AvgIpc) is 2.98. The summed E-state index contributed by atoms with van der Waals surface area (Å²) in [4.78, 5) is 14.3. The zero-order chi connectivity index (χ0) is 19.6. The average molecular weight is 421 g/mol. The molecule has 8 heteroatoms. The van der Waals surface area contributed by atoms with E-state index in [1.165, 1.54) is 0 Å². The van der Waals surface area contributed by atoms with E-state index in [1.807, 2.05) is 37.3 Å². The molecule has 5 nitrogen and oxygen atoms in total. The van der Waals surface area contributed by atoms with Gasteiger partial charge in [0.2, 0.25) is 5.91 Å². The van der Waals surface area contributed by atoms with Crippen LogP contribution in [0.15, 0.2) is 42.5 Å². The standard InChI is InChI=1S/C19H18Cl2N4OS/c1-12-3-5-13(6-4-12)18-22-23-19(27)25(18)11-17(26)24(2)10-14-7-8-15(20)9-16(14)21/h3-9H,10-11H2,1-2H3,(H,23,27). The van der Waals surface area contributed by atoms with Gasteiger partial charge < -0.3 is 4.90 Å². The molecule has 1 heterocycles. The van der Waals surface area contributed by atoms with Crippen molar-refractivity contribution in [3.8, 4) is 11.4 Å². The maximum absolute atomic E-state index is 12.7. The minimum Gasteiger partial charge on any atom is -0.340 e. The van der Waals surface area contributed by atoms with Crippen molar-refractivity contribution in [3.63, 3.8) is 0 Å². The lowest BCUT2D eigenvalue weighted by Crippen LogP contribution is -2.30. The first-order valence-corrected chi connectivity index (χ1v) is 9.41. The number of aromatic amines is 1. The van der Waals surface area contributed by atoms with Crippen LogP contribution in [0.5, 0.6) is 0 Å². The molecule has 0 bridgehead atoms. The summed E-state index contributed by atoms with van der Waals surface area (Å²) in [6, 6.07) is 13.1. The first kappa shape index (κ1) is 19.6. The fourth-order valence-electron chi connectivity index (χ4n) is 2.64. The molecule has 0 atom stereocenters. The zero-order valence-corrected chi connectivity index (χ0v) is 17.2. The van der Waals surface area contributed by atoms with Gasteiger partial charge in [0.1, 0.15) is 6.54 Å². The second-order valence-corrected chi connectivity index (χ2v) is 7.52. The number of likely N-dealkylation sites (N-methyl/N-ethyl adjacent to an activating group) is 1. The number of halogens is 2. The molecule has 0 fully saturated rings. The number of amides is 1. The summed E-state index contributed by atoms with van der Waals surface area (Å²) in [6.07, 6.45) is 0. The normalized spacial score (nSPS) is 10.8. The van der Waals surface area contributed by atoms with Crippen LogP contribution < -0.4 is 0 Å². The molecule has 1 aromatic heterocycles. The Kier molecular flexibility index (Phi) is 5.99. The van der Waals surface area contributed by atoms with Gasteiger partial charge in [-0.25, -0.2) is 0 Å². The quantitative estimate of drug-likeness (QED) is 0.598. The van der Waals surface area contributed by atoms with E-state index in [0.717, 1.165) is 16.7 Å². The van der Waals surface area contributed by atoms with E-state index in [4.69, 9.17) is 35.4 Å². The van der Waals surface area contributed by atoms with Gasteiger partial charge >= 0.3 is 0 Å². The maximum Gasteiger partial charge on any atom is 0.242 e. The predicted octanol–water partition coefficient (Wildman–Crippen LogP) is 4.88. The Hall–Kier alpha value is -2.15. The molecule has 0 unspecified atom stereocenters. The molecule has 140 valence electrons. The fourth-order valence-corrected chi connectivity index (χ4v) is 3.30. The van der Waals surface area contributed by atoms with Crippen molar-refractivity contribution < 1.29 is 4.79 Å². The zero-order valence-electron chi connectivity index (χ0n) is 14.9. The highest BCUT2D eigenvalue weighted by Crippen LogP contribution is 2.22. The summed E-state index contributed by atoms with van der Waals surface area (Å²) in [6.45, 7) is 2.47. The number of hydrogen-bond donors (Lipinski definition) is 1. The van der Waals surface area contributed by atoms with E-state index < -0.39 is 0 Å². The van der Waals surface area contributed by atoms with Crippen molar-refractivity contribution in [2.24, 2.45) is 0 Å². The molecule has 3 rings (SSSR count). The molecule has 3 aromatic rings. The fraction of sp³-hybridized carbons (Fsp3) is 0.211. The molecular formula is C19H18Cl2N4OS. The minimum atomic E-state index is -0.105. The Bertz CT molecular complexity index is 1030. The SMILES string of the molecule is Cc1ccc(-c2n[nH]c(=S)n2CC(=O)N(C)Cc2ccc(Cl)cc2Cl)cc1. The Morgan fingerprint density at radius 2 is 1.93 bits per heavy atom. The number of nitrogens with zero attached hydrogens (tertiary/aromatic N) is 3. The molecule has 0 spiro atoms. The topological polar surface area (TPSA) is 53.9 Å². The summed E-state index contributed by atoms with van der Waals surface area (Å²) in [5.41, 5.74) is 2.87. The van der Waals surface area contributed by atoms with Crippen LogP contribution in [0.1, 0.15) is 11.1 Å². The predicted molar refractivity (Wildman–Crippen MR) is 111 cm³/mol. The number of H-pyrrole nitrogens is 1. The molecule has 1 N–H and O–H groups in total. The number of hydrogen-bond acceptors (Lipinski definition) is 3. The number of nitrogens with one attached hydrogen (secondary N) is 1. The van der Waals surface area contributed by atoms with E-state index >= 15 is 0 Å². The van der Waals surface area contributed by atoms with Crippen LogP contribution in [0.4, 0.5) is 0 Å². The van der Waals surface area contributed by atoms with Crippen molar-refractivity contribution in [1.82, 2.24) is 19.7 Å². The molecular weight excluding hydrogens is 403 g/mol.